The van der Waals surface area contributed by atoms with Gasteiger partial charge in [0.1, 0.15) is 12.9 Å². The third-order valence-corrected chi connectivity index (χ3v) is 2.77. The lowest BCUT2D eigenvalue weighted by Crippen LogP contribution is -2.36. The van der Waals surface area contributed by atoms with Gasteiger partial charge in [0.2, 0.25) is 5.91 Å². The summed E-state index contributed by atoms with van der Waals surface area (Å²) < 4.78 is 1.38. The van der Waals surface area contributed by atoms with Crippen LogP contribution in [0, 0.1) is 0 Å². The third kappa shape index (κ3) is 4.33. The van der Waals surface area contributed by atoms with Gasteiger partial charge in [-0.1, -0.05) is 23.7 Å². The highest BCUT2D eigenvalue weighted by atomic mass is 35.5. The molecule has 0 radical (unpaired) electrons. The second-order valence-electron chi connectivity index (χ2n) is 4.31. The van der Waals surface area contributed by atoms with Crippen LogP contribution in [0.1, 0.15) is 12.5 Å². The van der Waals surface area contributed by atoms with Gasteiger partial charge in [0.25, 0.3) is 0 Å². The molecule has 0 unspecified atom stereocenters. The van der Waals surface area contributed by atoms with E-state index in [1.165, 1.54) is 11.0 Å². The molecule has 19 heavy (non-hydrogen) atoms. The summed E-state index contributed by atoms with van der Waals surface area (Å²) in [6.45, 7) is 2.06. The largest absolute Gasteiger partial charge is 0.352 e. The number of carbonyl (C=O) groups excluding carboxylic acids is 1. The van der Waals surface area contributed by atoms with E-state index in [9.17, 15) is 4.79 Å². The van der Waals surface area contributed by atoms with Crippen molar-refractivity contribution in [3.63, 3.8) is 0 Å². The molecule has 0 aliphatic rings. The highest BCUT2D eigenvalue weighted by molar-refractivity contribution is 6.30. The second kappa shape index (κ2) is 6.29. The molecular weight excluding hydrogens is 266 g/mol. The number of hydrogen-bond acceptors (Lipinski definition) is 4. The molecule has 1 atom stereocenters. The first-order chi connectivity index (χ1) is 9.13. The summed E-state index contributed by atoms with van der Waals surface area (Å²) in [5.41, 5.74) is 1.09. The fourth-order valence-corrected chi connectivity index (χ4v) is 2.00. The first-order valence-electron chi connectivity index (χ1n) is 5.88. The maximum Gasteiger partial charge on any atom is 0.242 e. The fraction of sp³-hybridized carbons (Fsp3) is 0.333. The Balaban J connectivity index is 1.84. The molecule has 6 nitrogen and oxygen atoms in total. The second-order valence-corrected chi connectivity index (χ2v) is 4.75. The molecule has 1 N–H and O–H groups in total. The summed E-state index contributed by atoms with van der Waals surface area (Å²) in [7, 11) is 0. The number of tetrazole rings is 1. The molecule has 0 saturated heterocycles. The Bertz CT molecular complexity index is 543. The van der Waals surface area contributed by atoms with E-state index in [1.54, 1.807) is 0 Å². The molecule has 0 aliphatic carbocycles. The molecule has 0 fully saturated rings. The van der Waals surface area contributed by atoms with E-state index in [2.05, 4.69) is 20.8 Å². The van der Waals surface area contributed by atoms with Gasteiger partial charge in [-0.3, -0.25) is 4.79 Å². The predicted molar refractivity (Wildman–Crippen MR) is 70.6 cm³/mol. The van der Waals surface area contributed by atoms with Gasteiger partial charge in [-0.25, -0.2) is 4.68 Å². The Morgan fingerprint density at radius 3 is 3.05 bits per heavy atom. The van der Waals surface area contributed by atoms with Crippen LogP contribution in [0.2, 0.25) is 5.02 Å². The molecule has 1 aromatic carbocycles. The van der Waals surface area contributed by atoms with Gasteiger partial charge in [-0.05, 0) is 41.5 Å². The van der Waals surface area contributed by atoms with E-state index < -0.39 is 0 Å². The van der Waals surface area contributed by atoms with Gasteiger partial charge in [0.15, 0.2) is 0 Å². The summed E-state index contributed by atoms with van der Waals surface area (Å²) in [4.78, 5) is 11.7. The van der Waals surface area contributed by atoms with Crippen molar-refractivity contribution >= 4 is 17.5 Å². The van der Waals surface area contributed by atoms with Crippen molar-refractivity contribution in [1.82, 2.24) is 25.5 Å². The summed E-state index contributed by atoms with van der Waals surface area (Å²) in [6, 6.07) is 7.61. The molecule has 1 aromatic heterocycles. The average molecular weight is 280 g/mol. The molecule has 0 spiro atoms. The van der Waals surface area contributed by atoms with E-state index in [1.807, 2.05) is 31.2 Å². The third-order valence-electron chi connectivity index (χ3n) is 2.54. The Kier molecular flexibility index (Phi) is 4.46. The number of rotatable bonds is 5. The minimum absolute atomic E-state index is 0.0162. The van der Waals surface area contributed by atoms with Crippen molar-refractivity contribution in [2.45, 2.75) is 25.9 Å². The number of nitrogens with zero attached hydrogens (tertiary/aromatic N) is 4. The highest BCUT2D eigenvalue weighted by Crippen LogP contribution is 2.12. The standard InChI is InChI=1S/C12H14ClN5O/c1-9(5-10-3-2-4-11(13)6-10)15-12(19)7-18-8-14-16-17-18/h2-4,6,8-9H,5,7H2,1H3,(H,15,19)/t9-/m1/s1. The lowest BCUT2D eigenvalue weighted by atomic mass is 10.1. The minimum Gasteiger partial charge on any atom is -0.352 e. The molecule has 2 aromatic rings. The zero-order valence-corrected chi connectivity index (χ0v) is 11.2. The smallest absolute Gasteiger partial charge is 0.242 e. The van der Waals surface area contributed by atoms with Crippen molar-refractivity contribution < 1.29 is 4.79 Å². The predicted octanol–water partition coefficient (Wildman–Crippen LogP) is 1.07. The number of hydrogen-bond donors (Lipinski definition) is 1. The maximum absolute atomic E-state index is 11.7. The Morgan fingerprint density at radius 2 is 2.37 bits per heavy atom. The number of amides is 1. The van der Waals surface area contributed by atoms with Crippen LogP contribution >= 0.6 is 11.6 Å². The van der Waals surface area contributed by atoms with Crippen molar-refractivity contribution in [2.24, 2.45) is 0 Å². The Morgan fingerprint density at radius 1 is 1.53 bits per heavy atom. The lowest BCUT2D eigenvalue weighted by molar-refractivity contribution is -0.122. The van der Waals surface area contributed by atoms with Crippen molar-refractivity contribution in [3.8, 4) is 0 Å². The number of carbonyl (C=O) groups is 1. The van der Waals surface area contributed by atoms with Crippen LogP contribution in [0.5, 0.6) is 0 Å². The number of aromatic nitrogens is 4. The topological polar surface area (TPSA) is 72.7 Å². The fourth-order valence-electron chi connectivity index (χ4n) is 1.79. The van der Waals surface area contributed by atoms with Crippen molar-refractivity contribution in [2.75, 3.05) is 0 Å². The minimum atomic E-state index is -0.123. The first-order valence-corrected chi connectivity index (χ1v) is 6.26. The summed E-state index contributed by atoms with van der Waals surface area (Å²) >= 11 is 5.92. The van der Waals surface area contributed by atoms with Crippen LogP contribution in [0.3, 0.4) is 0 Å². The van der Waals surface area contributed by atoms with Crippen LogP contribution in [-0.4, -0.2) is 32.2 Å². The van der Waals surface area contributed by atoms with E-state index in [4.69, 9.17) is 11.6 Å². The molecule has 100 valence electrons. The van der Waals surface area contributed by atoms with Gasteiger partial charge in [-0.15, -0.1) is 5.10 Å². The zero-order chi connectivity index (χ0) is 13.7. The first kappa shape index (κ1) is 13.5. The van der Waals surface area contributed by atoms with Gasteiger partial charge >= 0.3 is 0 Å². The quantitative estimate of drug-likeness (QED) is 0.889. The molecule has 0 saturated carbocycles. The van der Waals surface area contributed by atoms with Crippen molar-refractivity contribution in [3.05, 3.63) is 41.2 Å². The van der Waals surface area contributed by atoms with E-state index in [-0.39, 0.29) is 18.5 Å². The Labute approximate surface area is 115 Å². The normalized spacial score (nSPS) is 12.1. The van der Waals surface area contributed by atoms with Gasteiger partial charge < -0.3 is 5.32 Å². The Hall–Kier alpha value is -1.95. The molecule has 1 heterocycles. The van der Waals surface area contributed by atoms with Crippen LogP contribution in [0.4, 0.5) is 0 Å². The van der Waals surface area contributed by atoms with Crippen LogP contribution in [0.25, 0.3) is 0 Å². The van der Waals surface area contributed by atoms with Gasteiger partial charge in [-0.2, -0.15) is 0 Å². The van der Waals surface area contributed by atoms with Gasteiger partial charge in [0.05, 0.1) is 0 Å². The maximum atomic E-state index is 11.7. The van der Waals surface area contributed by atoms with Crippen molar-refractivity contribution in [1.29, 1.82) is 0 Å². The monoisotopic (exact) mass is 279 g/mol. The highest BCUT2D eigenvalue weighted by Gasteiger charge is 2.09. The zero-order valence-electron chi connectivity index (χ0n) is 10.5. The average Bonchev–Trinajstić information content (AvgIpc) is 2.81. The summed E-state index contributed by atoms with van der Waals surface area (Å²) in [5.74, 6) is -0.123. The van der Waals surface area contributed by atoms with Gasteiger partial charge in [0, 0.05) is 11.1 Å². The van der Waals surface area contributed by atoms with E-state index >= 15 is 0 Å². The SMILES string of the molecule is C[C@H](Cc1cccc(Cl)c1)NC(=O)Cn1cnnn1. The molecule has 2 rings (SSSR count). The number of benzene rings is 1. The van der Waals surface area contributed by atoms with Crippen LogP contribution < -0.4 is 5.32 Å². The van der Waals surface area contributed by atoms with E-state index in [0.29, 0.717) is 5.02 Å². The van der Waals surface area contributed by atoms with E-state index in [0.717, 1.165) is 12.0 Å². The molecule has 0 aliphatic heterocycles. The lowest BCUT2D eigenvalue weighted by Gasteiger charge is -2.13. The molecule has 7 heteroatoms. The molecule has 0 bridgehead atoms. The van der Waals surface area contributed by atoms with Crippen LogP contribution in [0.15, 0.2) is 30.6 Å². The summed E-state index contributed by atoms with van der Waals surface area (Å²) in [5, 5.41) is 14.2. The number of halogens is 1. The summed E-state index contributed by atoms with van der Waals surface area (Å²) in [6.07, 6.45) is 2.13. The molecular formula is C12H14ClN5O. The number of nitrogens with one attached hydrogen (secondary N) is 1. The molecule has 1 amide bonds. The van der Waals surface area contributed by atoms with Crippen LogP contribution in [-0.2, 0) is 17.8 Å².